The molecule has 0 aromatic heterocycles. The molecule has 0 aliphatic heterocycles. The number of hydrogen-bond acceptors (Lipinski definition) is 1. The van der Waals surface area contributed by atoms with Gasteiger partial charge in [-0.2, -0.15) is 0 Å². The van der Waals surface area contributed by atoms with Crippen LogP contribution in [0.2, 0.25) is 0 Å². The topological polar surface area (TPSA) is 9.23 Å². The standard InChI is InChI=1S/C14H30O/c1-7-11(3)13(5)9-15-10-14(6)12(4)8-2/h11-14H,7-10H2,1-6H3. The molecule has 0 N–H and O–H groups in total. The second kappa shape index (κ2) is 8.15. The molecule has 0 aromatic rings. The van der Waals surface area contributed by atoms with Gasteiger partial charge in [0.25, 0.3) is 0 Å². The Balaban J connectivity index is 3.60. The van der Waals surface area contributed by atoms with Crippen molar-refractivity contribution in [3.8, 4) is 0 Å². The van der Waals surface area contributed by atoms with Crippen LogP contribution in [0.5, 0.6) is 0 Å². The highest BCUT2D eigenvalue weighted by molar-refractivity contribution is 4.62. The Bertz CT molecular complexity index is 128. The van der Waals surface area contributed by atoms with Crippen LogP contribution in [0.4, 0.5) is 0 Å². The molecule has 0 aliphatic rings. The van der Waals surface area contributed by atoms with Gasteiger partial charge in [-0.05, 0) is 23.7 Å². The largest absolute Gasteiger partial charge is 0.381 e. The van der Waals surface area contributed by atoms with Crippen LogP contribution in [0, 0.1) is 23.7 Å². The van der Waals surface area contributed by atoms with Crippen LogP contribution in [-0.2, 0) is 4.74 Å². The molecule has 0 fully saturated rings. The molecule has 4 atom stereocenters. The molecule has 1 heteroatoms. The maximum Gasteiger partial charge on any atom is 0.0494 e. The lowest BCUT2D eigenvalue weighted by molar-refractivity contribution is 0.0516. The van der Waals surface area contributed by atoms with E-state index in [0.717, 1.165) is 25.0 Å². The summed E-state index contributed by atoms with van der Waals surface area (Å²) in [7, 11) is 0. The first-order chi connectivity index (χ1) is 7.02. The third-order valence-corrected chi connectivity index (χ3v) is 3.99. The maximum absolute atomic E-state index is 5.80. The van der Waals surface area contributed by atoms with Crippen molar-refractivity contribution < 1.29 is 4.74 Å². The van der Waals surface area contributed by atoms with E-state index in [0.29, 0.717) is 11.8 Å². The van der Waals surface area contributed by atoms with E-state index in [4.69, 9.17) is 4.74 Å². The maximum atomic E-state index is 5.80. The quantitative estimate of drug-likeness (QED) is 0.583. The molecule has 0 spiro atoms. The summed E-state index contributed by atoms with van der Waals surface area (Å²) < 4.78 is 5.80. The fraction of sp³-hybridized carbons (Fsp3) is 1.00. The van der Waals surface area contributed by atoms with Crippen LogP contribution in [0.25, 0.3) is 0 Å². The third kappa shape index (κ3) is 6.19. The zero-order valence-electron chi connectivity index (χ0n) is 11.5. The minimum atomic E-state index is 0.694. The second-order valence-corrected chi connectivity index (χ2v) is 5.26. The van der Waals surface area contributed by atoms with Crippen LogP contribution < -0.4 is 0 Å². The number of hydrogen-bond donors (Lipinski definition) is 0. The predicted molar refractivity (Wildman–Crippen MR) is 68.1 cm³/mol. The van der Waals surface area contributed by atoms with Crippen molar-refractivity contribution >= 4 is 0 Å². The molecule has 0 radical (unpaired) electrons. The summed E-state index contributed by atoms with van der Waals surface area (Å²) in [5.74, 6) is 2.95. The van der Waals surface area contributed by atoms with Gasteiger partial charge >= 0.3 is 0 Å². The molecular weight excluding hydrogens is 184 g/mol. The Morgan fingerprint density at radius 1 is 0.667 bits per heavy atom. The summed E-state index contributed by atoms with van der Waals surface area (Å²) in [5, 5.41) is 0. The van der Waals surface area contributed by atoms with Crippen LogP contribution in [-0.4, -0.2) is 13.2 Å². The van der Waals surface area contributed by atoms with Crippen molar-refractivity contribution in [2.45, 2.75) is 54.4 Å². The molecule has 0 rings (SSSR count). The lowest BCUT2D eigenvalue weighted by Crippen LogP contribution is -2.19. The summed E-state index contributed by atoms with van der Waals surface area (Å²) in [6.45, 7) is 15.6. The summed E-state index contributed by atoms with van der Waals surface area (Å²) in [4.78, 5) is 0. The lowest BCUT2D eigenvalue weighted by Gasteiger charge is -2.22. The highest BCUT2D eigenvalue weighted by Crippen LogP contribution is 2.17. The first-order valence-electron chi connectivity index (χ1n) is 6.60. The van der Waals surface area contributed by atoms with E-state index in [9.17, 15) is 0 Å². The van der Waals surface area contributed by atoms with Crippen LogP contribution in [0.15, 0.2) is 0 Å². The molecular formula is C14H30O. The fourth-order valence-corrected chi connectivity index (χ4v) is 1.57. The summed E-state index contributed by atoms with van der Waals surface area (Å²) >= 11 is 0. The molecule has 0 bridgehead atoms. The monoisotopic (exact) mass is 214 g/mol. The van der Waals surface area contributed by atoms with Gasteiger partial charge in [-0.15, -0.1) is 0 Å². The van der Waals surface area contributed by atoms with E-state index >= 15 is 0 Å². The minimum Gasteiger partial charge on any atom is -0.381 e. The second-order valence-electron chi connectivity index (χ2n) is 5.26. The van der Waals surface area contributed by atoms with Gasteiger partial charge in [0.1, 0.15) is 0 Å². The highest BCUT2D eigenvalue weighted by Gasteiger charge is 2.13. The number of rotatable bonds is 8. The zero-order valence-corrected chi connectivity index (χ0v) is 11.5. The molecule has 0 amide bonds. The molecule has 1 nitrogen and oxygen atoms in total. The molecule has 0 saturated heterocycles. The number of ether oxygens (including phenoxy) is 1. The molecule has 92 valence electrons. The van der Waals surface area contributed by atoms with Crippen molar-refractivity contribution in [3.63, 3.8) is 0 Å². The van der Waals surface area contributed by atoms with E-state index in [-0.39, 0.29) is 0 Å². The van der Waals surface area contributed by atoms with Crippen molar-refractivity contribution in [1.29, 1.82) is 0 Å². The Morgan fingerprint density at radius 2 is 1.00 bits per heavy atom. The first kappa shape index (κ1) is 15.0. The average Bonchev–Trinajstić information content (AvgIpc) is 2.26. The van der Waals surface area contributed by atoms with Crippen molar-refractivity contribution in [1.82, 2.24) is 0 Å². The van der Waals surface area contributed by atoms with E-state index in [2.05, 4.69) is 41.5 Å². The lowest BCUT2D eigenvalue weighted by atomic mass is 9.93. The van der Waals surface area contributed by atoms with Gasteiger partial charge in [0, 0.05) is 13.2 Å². The van der Waals surface area contributed by atoms with Crippen molar-refractivity contribution in [3.05, 3.63) is 0 Å². The van der Waals surface area contributed by atoms with Gasteiger partial charge in [0.2, 0.25) is 0 Å². The highest BCUT2D eigenvalue weighted by atomic mass is 16.5. The smallest absolute Gasteiger partial charge is 0.0494 e. The van der Waals surface area contributed by atoms with Crippen molar-refractivity contribution in [2.75, 3.05) is 13.2 Å². The zero-order chi connectivity index (χ0) is 11.8. The van der Waals surface area contributed by atoms with Crippen LogP contribution in [0.1, 0.15) is 54.4 Å². The van der Waals surface area contributed by atoms with E-state index < -0.39 is 0 Å². The van der Waals surface area contributed by atoms with Gasteiger partial charge in [-0.1, -0.05) is 54.4 Å². The Morgan fingerprint density at radius 3 is 1.27 bits per heavy atom. The summed E-state index contributed by atoms with van der Waals surface area (Å²) in [5.41, 5.74) is 0. The fourth-order valence-electron chi connectivity index (χ4n) is 1.57. The first-order valence-corrected chi connectivity index (χ1v) is 6.60. The van der Waals surface area contributed by atoms with Crippen LogP contribution in [0.3, 0.4) is 0 Å². The Kier molecular flexibility index (Phi) is 8.13. The molecule has 0 saturated carbocycles. The van der Waals surface area contributed by atoms with E-state index in [1.54, 1.807) is 0 Å². The van der Waals surface area contributed by atoms with Gasteiger partial charge in [0.15, 0.2) is 0 Å². The summed E-state index contributed by atoms with van der Waals surface area (Å²) in [6, 6.07) is 0. The molecule has 0 heterocycles. The van der Waals surface area contributed by atoms with Crippen molar-refractivity contribution in [2.24, 2.45) is 23.7 Å². The van der Waals surface area contributed by atoms with Crippen LogP contribution >= 0.6 is 0 Å². The van der Waals surface area contributed by atoms with E-state index in [1.807, 2.05) is 0 Å². The Hall–Kier alpha value is -0.0400. The molecule has 0 aromatic carbocycles. The third-order valence-electron chi connectivity index (χ3n) is 3.99. The predicted octanol–water partition coefficient (Wildman–Crippen LogP) is 4.37. The molecule has 4 unspecified atom stereocenters. The molecule has 15 heavy (non-hydrogen) atoms. The molecule has 0 aliphatic carbocycles. The van der Waals surface area contributed by atoms with Gasteiger partial charge in [-0.3, -0.25) is 0 Å². The average molecular weight is 214 g/mol. The van der Waals surface area contributed by atoms with Gasteiger partial charge in [0.05, 0.1) is 0 Å². The Labute approximate surface area is 96.6 Å². The van der Waals surface area contributed by atoms with Gasteiger partial charge < -0.3 is 4.74 Å². The summed E-state index contributed by atoms with van der Waals surface area (Å²) in [6.07, 6.45) is 2.51. The minimum absolute atomic E-state index is 0.694. The normalized spacial score (nSPS) is 19.6. The van der Waals surface area contributed by atoms with E-state index in [1.165, 1.54) is 12.8 Å². The SMILES string of the molecule is CCC(C)C(C)COCC(C)C(C)CC. The van der Waals surface area contributed by atoms with Gasteiger partial charge in [-0.25, -0.2) is 0 Å².